The zero-order valence-electron chi connectivity index (χ0n) is 13.4. The third-order valence-corrected chi connectivity index (χ3v) is 5.14. The van der Waals surface area contributed by atoms with Crippen LogP contribution in [-0.2, 0) is 19.4 Å². The molecule has 118 valence electrons. The van der Waals surface area contributed by atoms with Crippen molar-refractivity contribution in [2.45, 2.75) is 19.4 Å². The highest BCUT2D eigenvalue weighted by molar-refractivity contribution is 6.31. The minimum atomic E-state index is 0.816. The van der Waals surface area contributed by atoms with Crippen LogP contribution in [0.3, 0.4) is 0 Å². The monoisotopic (exact) mass is 324 g/mol. The third kappa shape index (κ3) is 2.77. The summed E-state index contributed by atoms with van der Waals surface area (Å²) in [6.07, 6.45) is 2.22. The molecule has 3 heteroatoms. The molecular weight excluding hydrogens is 304 g/mol. The van der Waals surface area contributed by atoms with Gasteiger partial charge in [-0.25, -0.2) is 0 Å². The topological polar surface area (TPSA) is 8.17 Å². The predicted octanol–water partition coefficient (Wildman–Crippen LogP) is 4.37. The maximum atomic E-state index is 6.29. The molecule has 0 radical (unpaired) electrons. The van der Waals surface area contributed by atoms with E-state index in [0.717, 1.165) is 37.5 Å². The van der Waals surface area contributed by atoms with Crippen LogP contribution < -0.4 is 0 Å². The van der Waals surface area contributed by atoms with Crippen LogP contribution in [0.1, 0.15) is 16.8 Å². The van der Waals surface area contributed by atoms with Gasteiger partial charge in [0.15, 0.2) is 0 Å². The van der Waals surface area contributed by atoms with Crippen molar-refractivity contribution in [2.24, 2.45) is 0 Å². The van der Waals surface area contributed by atoms with Crippen LogP contribution in [-0.4, -0.2) is 29.6 Å². The van der Waals surface area contributed by atoms with Gasteiger partial charge in [-0.1, -0.05) is 48.0 Å². The van der Waals surface area contributed by atoms with E-state index in [2.05, 4.69) is 59.0 Å². The molecule has 23 heavy (non-hydrogen) atoms. The van der Waals surface area contributed by atoms with E-state index in [-0.39, 0.29) is 0 Å². The second-order valence-electron chi connectivity index (χ2n) is 6.46. The molecule has 0 saturated heterocycles. The summed E-state index contributed by atoms with van der Waals surface area (Å²) in [7, 11) is 2.21. The number of benzene rings is 2. The first-order valence-corrected chi connectivity index (χ1v) is 8.62. The van der Waals surface area contributed by atoms with Gasteiger partial charge in [-0.05, 0) is 36.7 Å². The number of likely N-dealkylation sites (N-methyl/N-ethyl adjacent to an activating group) is 1. The van der Waals surface area contributed by atoms with Crippen molar-refractivity contribution in [3.8, 4) is 0 Å². The molecule has 1 aliphatic rings. The molecule has 0 spiro atoms. The van der Waals surface area contributed by atoms with E-state index >= 15 is 0 Å². The molecule has 0 N–H and O–H groups in total. The lowest BCUT2D eigenvalue weighted by Crippen LogP contribution is -2.21. The highest BCUT2D eigenvalue weighted by Crippen LogP contribution is 2.31. The fourth-order valence-electron chi connectivity index (χ4n) is 3.67. The summed E-state index contributed by atoms with van der Waals surface area (Å²) >= 11 is 6.29. The van der Waals surface area contributed by atoms with Crippen molar-refractivity contribution in [1.29, 1.82) is 0 Å². The van der Waals surface area contributed by atoms with Gasteiger partial charge in [0.2, 0.25) is 0 Å². The van der Waals surface area contributed by atoms with Crippen LogP contribution in [0.15, 0.2) is 48.5 Å². The highest BCUT2D eigenvalue weighted by Gasteiger charge is 2.20. The summed E-state index contributed by atoms with van der Waals surface area (Å²) < 4.78 is 2.48. The van der Waals surface area contributed by atoms with Crippen molar-refractivity contribution < 1.29 is 0 Å². The molecule has 0 fully saturated rings. The largest absolute Gasteiger partial charge is 0.340 e. The molecule has 2 nitrogen and oxygen atoms in total. The number of halogens is 1. The van der Waals surface area contributed by atoms with Crippen molar-refractivity contribution in [2.75, 3.05) is 20.1 Å². The normalized spacial score (nSPS) is 15.6. The van der Waals surface area contributed by atoms with Gasteiger partial charge < -0.3 is 9.47 Å². The second-order valence-corrected chi connectivity index (χ2v) is 6.90. The Morgan fingerprint density at radius 1 is 1.00 bits per heavy atom. The molecule has 3 aromatic rings. The van der Waals surface area contributed by atoms with E-state index in [4.69, 9.17) is 11.6 Å². The molecule has 4 rings (SSSR count). The lowest BCUT2D eigenvalue weighted by atomic mass is 10.1. The Hall–Kier alpha value is -1.77. The van der Waals surface area contributed by atoms with Gasteiger partial charge in [0.1, 0.15) is 0 Å². The molecule has 2 heterocycles. The summed E-state index contributed by atoms with van der Waals surface area (Å²) in [5.41, 5.74) is 5.60. The van der Waals surface area contributed by atoms with E-state index in [1.807, 2.05) is 6.07 Å². The van der Waals surface area contributed by atoms with Crippen LogP contribution in [0, 0.1) is 0 Å². The molecule has 1 aromatic heterocycles. The van der Waals surface area contributed by atoms with E-state index in [9.17, 15) is 0 Å². The number of rotatable bonds is 2. The number of nitrogens with zero attached hydrogens (tertiary/aromatic N) is 2. The second kappa shape index (κ2) is 6.03. The van der Waals surface area contributed by atoms with Crippen LogP contribution in [0.4, 0.5) is 0 Å². The maximum Gasteiger partial charge on any atom is 0.0503 e. The fourth-order valence-corrected chi connectivity index (χ4v) is 3.84. The van der Waals surface area contributed by atoms with E-state index in [1.54, 1.807) is 0 Å². The zero-order chi connectivity index (χ0) is 15.8. The average Bonchev–Trinajstić information content (AvgIpc) is 2.70. The molecule has 0 aliphatic carbocycles. The van der Waals surface area contributed by atoms with Gasteiger partial charge in [0.25, 0.3) is 0 Å². The molecule has 0 amide bonds. The van der Waals surface area contributed by atoms with Crippen molar-refractivity contribution in [3.63, 3.8) is 0 Å². The van der Waals surface area contributed by atoms with Crippen LogP contribution >= 0.6 is 11.6 Å². The van der Waals surface area contributed by atoms with Gasteiger partial charge in [-0.15, -0.1) is 0 Å². The van der Waals surface area contributed by atoms with E-state index in [0.29, 0.717) is 0 Å². The zero-order valence-corrected chi connectivity index (χ0v) is 14.2. The van der Waals surface area contributed by atoms with Gasteiger partial charge in [0, 0.05) is 42.2 Å². The quantitative estimate of drug-likeness (QED) is 0.679. The summed E-state index contributed by atoms with van der Waals surface area (Å²) in [6, 6.07) is 17.0. The van der Waals surface area contributed by atoms with Gasteiger partial charge in [-0.3, -0.25) is 0 Å². The fraction of sp³-hybridized carbons (Fsp3) is 0.300. The SMILES string of the molecule is CN1CCc2c(n(Cc3ccccc3)c3cc(Cl)ccc23)CC1. The summed E-state index contributed by atoms with van der Waals surface area (Å²) in [5.74, 6) is 0. The summed E-state index contributed by atoms with van der Waals surface area (Å²) in [6.45, 7) is 3.16. The Balaban J connectivity index is 1.89. The van der Waals surface area contributed by atoms with Crippen LogP contribution in [0.5, 0.6) is 0 Å². The molecule has 2 aromatic carbocycles. The first-order valence-electron chi connectivity index (χ1n) is 8.24. The Morgan fingerprint density at radius 2 is 1.78 bits per heavy atom. The highest BCUT2D eigenvalue weighted by atomic mass is 35.5. The number of fused-ring (bicyclic) bond motifs is 3. The maximum absolute atomic E-state index is 6.29. The van der Waals surface area contributed by atoms with E-state index in [1.165, 1.54) is 27.7 Å². The van der Waals surface area contributed by atoms with Crippen molar-refractivity contribution in [3.05, 3.63) is 70.4 Å². The third-order valence-electron chi connectivity index (χ3n) is 4.91. The number of aromatic nitrogens is 1. The minimum Gasteiger partial charge on any atom is -0.340 e. The number of hydrogen-bond donors (Lipinski definition) is 0. The minimum absolute atomic E-state index is 0.816. The Bertz CT molecular complexity index is 836. The Morgan fingerprint density at radius 3 is 2.61 bits per heavy atom. The van der Waals surface area contributed by atoms with Crippen LogP contribution in [0.25, 0.3) is 10.9 Å². The molecule has 0 bridgehead atoms. The average molecular weight is 325 g/mol. The van der Waals surface area contributed by atoms with Crippen LogP contribution in [0.2, 0.25) is 5.02 Å². The van der Waals surface area contributed by atoms with Gasteiger partial charge in [0.05, 0.1) is 5.52 Å². The molecule has 0 unspecified atom stereocenters. The van der Waals surface area contributed by atoms with Crippen molar-refractivity contribution in [1.82, 2.24) is 9.47 Å². The lowest BCUT2D eigenvalue weighted by Gasteiger charge is -2.14. The number of hydrogen-bond acceptors (Lipinski definition) is 1. The summed E-state index contributed by atoms with van der Waals surface area (Å²) in [4.78, 5) is 2.43. The smallest absolute Gasteiger partial charge is 0.0503 e. The summed E-state index contributed by atoms with van der Waals surface area (Å²) in [5, 5.41) is 2.19. The van der Waals surface area contributed by atoms with Gasteiger partial charge in [-0.2, -0.15) is 0 Å². The Labute approximate surface area is 142 Å². The standard InChI is InChI=1S/C20H21ClN2/c1-22-11-9-18-17-8-7-16(21)13-20(17)23(19(18)10-12-22)14-15-5-3-2-4-6-15/h2-8,13H,9-12,14H2,1H3. The lowest BCUT2D eigenvalue weighted by molar-refractivity contribution is 0.351. The Kier molecular flexibility index (Phi) is 3.88. The molecular formula is C20H21ClN2. The predicted molar refractivity (Wildman–Crippen MR) is 97.4 cm³/mol. The molecule has 0 atom stereocenters. The van der Waals surface area contributed by atoms with E-state index < -0.39 is 0 Å². The first kappa shape index (κ1) is 14.8. The van der Waals surface area contributed by atoms with Crippen molar-refractivity contribution >= 4 is 22.5 Å². The molecule has 0 saturated carbocycles. The van der Waals surface area contributed by atoms with Gasteiger partial charge >= 0.3 is 0 Å². The first-order chi connectivity index (χ1) is 11.2. The molecule has 1 aliphatic heterocycles.